The smallest absolute Gasteiger partial charge is 0.250 e. The number of nitrogens with zero attached hydrogens (tertiary/aromatic N) is 3. The number of nitrogens with one attached hydrogen (secondary N) is 1. The zero-order chi connectivity index (χ0) is 15.9. The maximum Gasteiger partial charge on any atom is 0.250 e. The number of hydrogen-bond donors (Lipinski definition) is 1. The van der Waals surface area contributed by atoms with E-state index in [1.807, 2.05) is 5.38 Å². The number of halogens is 1. The molecule has 0 saturated heterocycles. The lowest BCUT2D eigenvalue weighted by Gasteiger charge is -2.05. The van der Waals surface area contributed by atoms with E-state index in [9.17, 15) is 4.79 Å². The molecule has 7 heteroatoms. The SMILES string of the molecule is Cc1ccc(-c2csc3nc(NC(=O)C(C)Cl)nn23)c(C)c1. The summed E-state index contributed by atoms with van der Waals surface area (Å²) in [5.74, 6) is -0.0386. The molecular weight excluding hydrogens is 320 g/mol. The molecule has 1 aromatic carbocycles. The van der Waals surface area contributed by atoms with Crippen molar-refractivity contribution in [3.63, 3.8) is 0 Å². The van der Waals surface area contributed by atoms with Gasteiger partial charge >= 0.3 is 0 Å². The normalized spacial score (nSPS) is 12.5. The lowest BCUT2D eigenvalue weighted by molar-refractivity contribution is -0.115. The highest BCUT2D eigenvalue weighted by Crippen LogP contribution is 2.28. The molecule has 1 N–H and O–H groups in total. The molecule has 0 spiro atoms. The Hall–Kier alpha value is -1.92. The Morgan fingerprint density at radius 1 is 1.41 bits per heavy atom. The number of anilines is 1. The zero-order valence-corrected chi connectivity index (χ0v) is 14.0. The fourth-order valence-corrected chi connectivity index (χ4v) is 3.11. The summed E-state index contributed by atoms with van der Waals surface area (Å²) in [5, 5.41) is 8.36. The van der Waals surface area contributed by atoms with Crippen LogP contribution in [0.25, 0.3) is 16.2 Å². The number of aryl methyl sites for hydroxylation is 2. The Kier molecular flexibility index (Phi) is 3.88. The van der Waals surface area contributed by atoms with Crippen LogP contribution in [0, 0.1) is 13.8 Å². The van der Waals surface area contributed by atoms with Crippen molar-refractivity contribution in [3.8, 4) is 11.3 Å². The number of carbonyl (C=O) groups excluding carboxylic acids is 1. The summed E-state index contributed by atoms with van der Waals surface area (Å²) in [5.41, 5.74) is 4.46. The summed E-state index contributed by atoms with van der Waals surface area (Å²) in [6.07, 6.45) is 0. The number of thiazole rings is 1. The van der Waals surface area contributed by atoms with E-state index >= 15 is 0 Å². The van der Waals surface area contributed by atoms with Crippen LogP contribution in [0.1, 0.15) is 18.1 Å². The maximum absolute atomic E-state index is 11.6. The van der Waals surface area contributed by atoms with E-state index < -0.39 is 5.38 Å². The minimum absolute atomic E-state index is 0.273. The molecule has 2 aromatic heterocycles. The highest BCUT2D eigenvalue weighted by molar-refractivity contribution is 7.15. The molecule has 1 atom stereocenters. The van der Waals surface area contributed by atoms with Gasteiger partial charge in [0.25, 0.3) is 5.95 Å². The zero-order valence-electron chi connectivity index (χ0n) is 12.4. The summed E-state index contributed by atoms with van der Waals surface area (Å²) in [4.78, 5) is 16.7. The van der Waals surface area contributed by atoms with E-state index in [4.69, 9.17) is 11.6 Å². The third-order valence-electron chi connectivity index (χ3n) is 3.34. The second-order valence-electron chi connectivity index (χ2n) is 5.17. The first-order valence-electron chi connectivity index (χ1n) is 6.82. The maximum atomic E-state index is 11.6. The van der Waals surface area contributed by atoms with Gasteiger partial charge in [-0.15, -0.1) is 28.0 Å². The van der Waals surface area contributed by atoms with Gasteiger partial charge in [-0.1, -0.05) is 23.8 Å². The van der Waals surface area contributed by atoms with Crippen LogP contribution in [-0.4, -0.2) is 25.9 Å². The number of aromatic nitrogens is 3. The van der Waals surface area contributed by atoms with Crippen LogP contribution in [0.15, 0.2) is 23.6 Å². The van der Waals surface area contributed by atoms with Gasteiger partial charge in [-0.25, -0.2) is 4.52 Å². The van der Waals surface area contributed by atoms with Crippen molar-refractivity contribution in [1.82, 2.24) is 14.6 Å². The quantitative estimate of drug-likeness (QED) is 0.744. The molecule has 5 nitrogen and oxygen atoms in total. The monoisotopic (exact) mass is 334 g/mol. The summed E-state index contributed by atoms with van der Waals surface area (Å²) < 4.78 is 1.75. The van der Waals surface area contributed by atoms with Crippen molar-refractivity contribution < 1.29 is 4.79 Å². The molecular formula is C15H15ClN4OS. The van der Waals surface area contributed by atoms with Crippen LogP contribution in [0.5, 0.6) is 0 Å². The van der Waals surface area contributed by atoms with E-state index in [-0.39, 0.29) is 11.9 Å². The van der Waals surface area contributed by atoms with Gasteiger partial charge in [0.15, 0.2) is 0 Å². The summed E-state index contributed by atoms with van der Waals surface area (Å²) in [6.45, 7) is 5.74. The summed E-state index contributed by atoms with van der Waals surface area (Å²) in [7, 11) is 0. The van der Waals surface area contributed by atoms with Gasteiger partial charge in [0.1, 0.15) is 5.38 Å². The van der Waals surface area contributed by atoms with Gasteiger partial charge in [0.2, 0.25) is 10.9 Å². The number of rotatable bonds is 3. The van der Waals surface area contributed by atoms with Crippen molar-refractivity contribution >= 4 is 39.8 Å². The second-order valence-corrected chi connectivity index (χ2v) is 6.67. The third kappa shape index (κ3) is 2.71. The average molecular weight is 335 g/mol. The van der Waals surface area contributed by atoms with Crippen molar-refractivity contribution in [3.05, 3.63) is 34.7 Å². The Balaban J connectivity index is 2.01. The lowest BCUT2D eigenvalue weighted by Crippen LogP contribution is -2.21. The number of benzene rings is 1. The molecule has 2 heterocycles. The Morgan fingerprint density at radius 3 is 2.86 bits per heavy atom. The van der Waals surface area contributed by atoms with E-state index in [0.29, 0.717) is 0 Å². The second kappa shape index (κ2) is 5.70. The third-order valence-corrected chi connectivity index (χ3v) is 4.35. The summed E-state index contributed by atoms with van der Waals surface area (Å²) >= 11 is 7.22. The standard InChI is InChI=1S/C15H15ClN4OS/c1-8-4-5-11(9(2)6-8)12-7-22-15-18-14(19-20(12)15)17-13(21)10(3)16/h4-7,10H,1-3H3,(H,17,19,21). The molecule has 0 aliphatic carbocycles. The molecule has 0 fully saturated rings. The first-order chi connectivity index (χ1) is 10.5. The van der Waals surface area contributed by atoms with Crippen LogP contribution < -0.4 is 5.32 Å². The number of carbonyl (C=O) groups is 1. The molecule has 3 aromatic rings. The molecule has 0 radical (unpaired) electrons. The highest BCUT2D eigenvalue weighted by Gasteiger charge is 2.16. The van der Waals surface area contributed by atoms with Crippen LogP contribution >= 0.6 is 22.9 Å². The predicted molar refractivity (Wildman–Crippen MR) is 89.7 cm³/mol. The van der Waals surface area contributed by atoms with Crippen LogP contribution in [-0.2, 0) is 4.79 Å². The topological polar surface area (TPSA) is 59.3 Å². The fraction of sp³-hybridized carbons (Fsp3) is 0.267. The Bertz CT molecular complexity index is 852. The largest absolute Gasteiger partial charge is 0.292 e. The highest BCUT2D eigenvalue weighted by atomic mass is 35.5. The van der Waals surface area contributed by atoms with E-state index in [2.05, 4.69) is 47.4 Å². The predicted octanol–water partition coefficient (Wildman–Crippen LogP) is 3.64. The van der Waals surface area contributed by atoms with Gasteiger partial charge in [-0.3, -0.25) is 10.1 Å². The first-order valence-corrected chi connectivity index (χ1v) is 8.14. The Morgan fingerprint density at radius 2 is 2.18 bits per heavy atom. The van der Waals surface area contributed by atoms with Crippen LogP contribution in [0.3, 0.4) is 0 Å². The molecule has 1 amide bonds. The number of alkyl halides is 1. The van der Waals surface area contributed by atoms with Crippen LogP contribution in [0.4, 0.5) is 5.95 Å². The number of amides is 1. The van der Waals surface area contributed by atoms with Crippen molar-refractivity contribution in [2.24, 2.45) is 0 Å². The molecule has 1 unspecified atom stereocenters. The van der Waals surface area contributed by atoms with Gasteiger partial charge < -0.3 is 0 Å². The first kappa shape index (κ1) is 15.0. The van der Waals surface area contributed by atoms with Crippen molar-refractivity contribution in [1.29, 1.82) is 0 Å². The van der Waals surface area contributed by atoms with Crippen molar-refractivity contribution in [2.45, 2.75) is 26.1 Å². The molecule has 114 valence electrons. The molecule has 3 rings (SSSR count). The van der Waals surface area contributed by atoms with E-state index in [1.54, 1.807) is 11.4 Å². The number of hydrogen-bond acceptors (Lipinski definition) is 4. The molecule has 0 bridgehead atoms. The lowest BCUT2D eigenvalue weighted by atomic mass is 10.0. The minimum atomic E-state index is -0.625. The van der Waals surface area contributed by atoms with Gasteiger partial charge in [0.05, 0.1) is 5.69 Å². The fourth-order valence-electron chi connectivity index (χ4n) is 2.23. The van der Waals surface area contributed by atoms with Gasteiger partial charge in [-0.05, 0) is 26.3 Å². The molecule has 0 aliphatic rings. The molecule has 22 heavy (non-hydrogen) atoms. The van der Waals surface area contributed by atoms with Gasteiger partial charge in [-0.2, -0.15) is 4.98 Å². The Labute approximate surface area is 136 Å². The van der Waals surface area contributed by atoms with Crippen LogP contribution in [0.2, 0.25) is 0 Å². The molecule has 0 aliphatic heterocycles. The van der Waals surface area contributed by atoms with E-state index in [1.165, 1.54) is 22.5 Å². The van der Waals surface area contributed by atoms with Crippen molar-refractivity contribution in [2.75, 3.05) is 5.32 Å². The summed E-state index contributed by atoms with van der Waals surface area (Å²) in [6, 6.07) is 6.28. The van der Waals surface area contributed by atoms with E-state index in [0.717, 1.165) is 16.2 Å². The average Bonchev–Trinajstić information content (AvgIpc) is 2.99. The number of fused-ring (bicyclic) bond motifs is 1. The molecule has 0 saturated carbocycles. The minimum Gasteiger partial charge on any atom is -0.292 e. The van der Waals surface area contributed by atoms with Gasteiger partial charge in [0, 0.05) is 10.9 Å².